The Kier molecular flexibility index (Phi) is 3.99. The summed E-state index contributed by atoms with van der Waals surface area (Å²) in [6.07, 6.45) is 3.86. The number of nitrogens with zero attached hydrogens (tertiary/aromatic N) is 1. The van der Waals surface area contributed by atoms with Crippen LogP contribution in [-0.2, 0) is 16.1 Å². The summed E-state index contributed by atoms with van der Waals surface area (Å²) in [7, 11) is 0. The first-order valence-corrected chi connectivity index (χ1v) is 9.72. The van der Waals surface area contributed by atoms with E-state index in [1.54, 1.807) is 18.2 Å². The van der Waals surface area contributed by atoms with E-state index in [2.05, 4.69) is 10.5 Å². The van der Waals surface area contributed by atoms with Gasteiger partial charge >= 0.3 is 0 Å². The number of benzene rings is 1. The molecule has 1 amide bonds. The quantitative estimate of drug-likeness (QED) is 0.822. The molecule has 1 aromatic heterocycles. The van der Waals surface area contributed by atoms with Gasteiger partial charge in [-0.25, -0.2) is 0 Å². The van der Waals surface area contributed by atoms with Gasteiger partial charge in [0.15, 0.2) is 0 Å². The highest BCUT2D eigenvalue weighted by molar-refractivity contribution is 6.39. The Morgan fingerprint density at radius 1 is 1.23 bits per heavy atom. The fourth-order valence-corrected chi connectivity index (χ4v) is 4.70. The molecule has 2 heterocycles. The zero-order valence-corrected chi connectivity index (χ0v) is 15.5. The lowest BCUT2D eigenvalue weighted by Gasteiger charge is -2.22. The summed E-state index contributed by atoms with van der Waals surface area (Å²) in [5.74, 6) is 1.31. The van der Waals surface area contributed by atoms with E-state index in [0.29, 0.717) is 33.8 Å². The molecule has 3 fully saturated rings. The predicted octanol–water partition coefficient (Wildman–Crippen LogP) is 4.32. The molecule has 0 spiro atoms. The van der Waals surface area contributed by atoms with E-state index in [4.69, 9.17) is 32.5 Å². The van der Waals surface area contributed by atoms with Crippen LogP contribution in [0.1, 0.15) is 42.9 Å². The second-order valence-electron chi connectivity index (χ2n) is 7.38. The van der Waals surface area contributed by atoms with Gasteiger partial charge < -0.3 is 14.6 Å². The first kappa shape index (κ1) is 16.6. The van der Waals surface area contributed by atoms with Crippen LogP contribution in [0.3, 0.4) is 0 Å². The summed E-state index contributed by atoms with van der Waals surface area (Å²) in [6.45, 7) is 0.355. The first-order chi connectivity index (χ1) is 12.6. The Balaban J connectivity index is 1.46. The van der Waals surface area contributed by atoms with Gasteiger partial charge in [-0.2, -0.15) is 0 Å². The van der Waals surface area contributed by atoms with Crippen molar-refractivity contribution in [3.05, 3.63) is 39.6 Å². The number of nitrogens with one attached hydrogen (secondary N) is 1. The second-order valence-corrected chi connectivity index (χ2v) is 8.19. The number of ether oxygens (including phenoxy) is 1. The number of aromatic nitrogens is 1. The van der Waals surface area contributed by atoms with Gasteiger partial charge in [0, 0.05) is 23.1 Å². The molecule has 1 saturated heterocycles. The molecule has 2 aromatic rings. The molecule has 26 heavy (non-hydrogen) atoms. The van der Waals surface area contributed by atoms with E-state index >= 15 is 0 Å². The first-order valence-electron chi connectivity index (χ1n) is 8.96. The largest absolute Gasteiger partial charge is 0.372 e. The van der Waals surface area contributed by atoms with Crippen LogP contribution in [0, 0.1) is 5.92 Å². The molecule has 2 aliphatic carbocycles. The Hall–Kier alpha value is -1.56. The minimum atomic E-state index is -0.0507. The van der Waals surface area contributed by atoms with Crippen molar-refractivity contribution in [1.82, 2.24) is 10.5 Å². The van der Waals surface area contributed by atoms with Crippen molar-refractivity contribution in [2.75, 3.05) is 0 Å². The highest BCUT2D eigenvalue weighted by Gasteiger charge is 2.46. The number of halogens is 2. The van der Waals surface area contributed by atoms with Crippen molar-refractivity contribution in [3.63, 3.8) is 0 Å². The van der Waals surface area contributed by atoms with E-state index in [0.717, 1.165) is 37.0 Å². The number of rotatable bonds is 5. The smallest absolute Gasteiger partial charge is 0.226 e. The minimum Gasteiger partial charge on any atom is -0.372 e. The summed E-state index contributed by atoms with van der Waals surface area (Å²) in [5.41, 5.74) is 2.23. The summed E-state index contributed by atoms with van der Waals surface area (Å²) in [5, 5.41) is 8.33. The van der Waals surface area contributed by atoms with Gasteiger partial charge in [-0.05, 0) is 37.8 Å². The normalized spacial score (nSPS) is 27.2. The number of amides is 1. The van der Waals surface area contributed by atoms with Crippen LogP contribution in [0.15, 0.2) is 22.7 Å². The maximum Gasteiger partial charge on any atom is 0.226 e. The Morgan fingerprint density at radius 2 is 2.00 bits per heavy atom. The molecule has 2 saturated carbocycles. The van der Waals surface area contributed by atoms with Gasteiger partial charge in [-0.3, -0.25) is 4.79 Å². The molecule has 3 unspecified atom stereocenters. The monoisotopic (exact) mass is 392 g/mol. The summed E-state index contributed by atoms with van der Waals surface area (Å²) < 4.78 is 11.8. The van der Waals surface area contributed by atoms with Crippen LogP contribution < -0.4 is 5.32 Å². The molecule has 2 bridgehead atoms. The van der Waals surface area contributed by atoms with Crippen molar-refractivity contribution < 1.29 is 14.1 Å². The molecule has 1 aliphatic heterocycles. The van der Waals surface area contributed by atoms with Gasteiger partial charge in [0.2, 0.25) is 5.91 Å². The van der Waals surface area contributed by atoms with E-state index in [1.165, 1.54) is 0 Å². The maximum atomic E-state index is 11.9. The third-order valence-electron chi connectivity index (χ3n) is 5.60. The SMILES string of the molecule is O=C1NC2CC(OCc3c(-c4c(Cl)cccc4Cl)noc3C3CC3)C1C2. The number of hydrogen-bond donors (Lipinski definition) is 1. The summed E-state index contributed by atoms with van der Waals surface area (Å²) >= 11 is 12.8. The summed E-state index contributed by atoms with van der Waals surface area (Å²) in [6, 6.07) is 5.64. The van der Waals surface area contributed by atoms with Gasteiger partial charge in [-0.1, -0.05) is 34.4 Å². The molecular weight excluding hydrogens is 375 g/mol. The second kappa shape index (κ2) is 6.25. The molecule has 3 aliphatic rings. The number of piperidine rings is 1. The number of carbonyl (C=O) groups is 1. The third kappa shape index (κ3) is 2.73. The van der Waals surface area contributed by atoms with Crippen LogP contribution in [-0.4, -0.2) is 23.2 Å². The molecule has 1 N–H and O–H groups in total. The van der Waals surface area contributed by atoms with E-state index in [9.17, 15) is 4.79 Å². The van der Waals surface area contributed by atoms with Gasteiger partial charge in [0.25, 0.3) is 0 Å². The molecule has 7 heteroatoms. The fourth-order valence-electron chi connectivity index (χ4n) is 4.12. The summed E-state index contributed by atoms with van der Waals surface area (Å²) in [4.78, 5) is 11.9. The Labute approximate surface area is 161 Å². The van der Waals surface area contributed by atoms with Crippen molar-refractivity contribution in [3.8, 4) is 11.3 Å². The highest BCUT2D eigenvalue weighted by Crippen LogP contribution is 2.46. The molecule has 5 rings (SSSR count). The number of carbonyl (C=O) groups excluding carboxylic acids is 1. The topological polar surface area (TPSA) is 64.4 Å². The van der Waals surface area contributed by atoms with Crippen LogP contribution >= 0.6 is 23.2 Å². The zero-order chi connectivity index (χ0) is 17.8. The van der Waals surface area contributed by atoms with E-state index in [1.807, 2.05) is 0 Å². The van der Waals surface area contributed by atoms with Gasteiger partial charge in [0.05, 0.1) is 28.7 Å². The van der Waals surface area contributed by atoms with E-state index < -0.39 is 0 Å². The van der Waals surface area contributed by atoms with Gasteiger partial charge in [-0.15, -0.1) is 0 Å². The lowest BCUT2D eigenvalue weighted by atomic mass is 10.0. The zero-order valence-electron chi connectivity index (χ0n) is 14.0. The molecule has 1 aromatic carbocycles. The van der Waals surface area contributed by atoms with E-state index in [-0.39, 0.29) is 24.0 Å². The Morgan fingerprint density at radius 3 is 2.65 bits per heavy atom. The fraction of sp³-hybridized carbons (Fsp3) is 0.474. The minimum absolute atomic E-state index is 0.0448. The van der Waals surface area contributed by atoms with Crippen molar-refractivity contribution >= 4 is 29.1 Å². The standard InChI is InChI=1S/C19H18Cl2N2O3/c20-13-2-1-3-14(21)16(13)17-12(18(26-23-17)9-4-5-9)8-25-15-7-10-6-11(15)19(24)22-10/h1-3,9-11,15H,4-8H2,(H,22,24). The number of fused-ring (bicyclic) bond motifs is 2. The predicted molar refractivity (Wildman–Crippen MR) is 97.2 cm³/mol. The molecule has 3 atom stereocenters. The Bertz CT molecular complexity index is 857. The lowest BCUT2D eigenvalue weighted by Crippen LogP contribution is -2.39. The van der Waals surface area contributed by atoms with Gasteiger partial charge in [0.1, 0.15) is 11.5 Å². The molecule has 0 radical (unpaired) electrons. The number of hydrogen-bond acceptors (Lipinski definition) is 4. The molecular formula is C19H18Cl2N2O3. The molecule has 136 valence electrons. The van der Waals surface area contributed by atoms with Crippen molar-refractivity contribution in [2.24, 2.45) is 5.92 Å². The third-order valence-corrected chi connectivity index (χ3v) is 6.23. The van der Waals surface area contributed by atoms with Crippen molar-refractivity contribution in [2.45, 2.75) is 50.4 Å². The highest BCUT2D eigenvalue weighted by atomic mass is 35.5. The maximum absolute atomic E-state index is 11.9. The van der Waals surface area contributed by atoms with Crippen LogP contribution in [0.2, 0.25) is 10.0 Å². The van der Waals surface area contributed by atoms with Crippen LogP contribution in [0.4, 0.5) is 0 Å². The lowest BCUT2D eigenvalue weighted by molar-refractivity contribution is -0.129. The average molecular weight is 393 g/mol. The molecule has 5 nitrogen and oxygen atoms in total. The van der Waals surface area contributed by atoms with Crippen LogP contribution in [0.25, 0.3) is 11.3 Å². The van der Waals surface area contributed by atoms with Crippen molar-refractivity contribution in [1.29, 1.82) is 0 Å². The average Bonchev–Trinajstić information content (AvgIpc) is 3.09. The van der Waals surface area contributed by atoms with Crippen LogP contribution in [0.5, 0.6) is 0 Å².